The van der Waals surface area contributed by atoms with Gasteiger partial charge in [0.15, 0.2) is 5.60 Å². The average Bonchev–Trinajstić information content (AvgIpc) is 2.80. The number of carbonyl (C=O) groups is 2. The topological polar surface area (TPSA) is 85.5 Å². The second-order valence-corrected chi connectivity index (χ2v) is 8.30. The standard InChI is InChI=1S/C26H27N3O3/c1-19-7-9-22(10-8-19)23-6-2-4-20(14-23)16-26(25(27)31)18-29(12-13-32-26)24(30)15-21-5-3-11-28-17-21/h2-11,14,17H,12-13,15-16,18H2,1H3,(H2,27,31)/t26-/m0/s1. The molecule has 0 unspecified atom stereocenters. The lowest BCUT2D eigenvalue weighted by molar-refractivity contribution is -0.163. The first kappa shape index (κ1) is 21.7. The summed E-state index contributed by atoms with van der Waals surface area (Å²) < 4.78 is 5.94. The summed E-state index contributed by atoms with van der Waals surface area (Å²) in [6.07, 6.45) is 3.88. The number of morpholine rings is 1. The van der Waals surface area contributed by atoms with Crippen molar-refractivity contribution in [1.82, 2.24) is 9.88 Å². The first-order valence-electron chi connectivity index (χ1n) is 10.7. The molecule has 2 N–H and O–H groups in total. The van der Waals surface area contributed by atoms with Gasteiger partial charge < -0.3 is 15.4 Å². The zero-order valence-electron chi connectivity index (χ0n) is 18.2. The van der Waals surface area contributed by atoms with Gasteiger partial charge in [0.2, 0.25) is 5.91 Å². The number of nitrogens with zero attached hydrogens (tertiary/aromatic N) is 2. The van der Waals surface area contributed by atoms with E-state index >= 15 is 0 Å². The van der Waals surface area contributed by atoms with Crippen LogP contribution < -0.4 is 5.73 Å². The van der Waals surface area contributed by atoms with Crippen LogP contribution in [0.2, 0.25) is 0 Å². The fourth-order valence-electron chi connectivity index (χ4n) is 4.07. The van der Waals surface area contributed by atoms with E-state index in [1.807, 2.05) is 24.3 Å². The molecule has 32 heavy (non-hydrogen) atoms. The maximum absolute atomic E-state index is 12.9. The molecule has 1 fully saturated rings. The predicted molar refractivity (Wildman–Crippen MR) is 123 cm³/mol. The van der Waals surface area contributed by atoms with Gasteiger partial charge in [0, 0.05) is 25.4 Å². The Labute approximate surface area is 188 Å². The van der Waals surface area contributed by atoms with Gasteiger partial charge in [-0.3, -0.25) is 14.6 Å². The maximum Gasteiger partial charge on any atom is 0.251 e. The average molecular weight is 430 g/mol. The van der Waals surface area contributed by atoms with Crippen LogP contribution in [0.1, 0.15) is 16.7 Å². The summed E-state index contributed by atoms with van der Waals surface area (Å²) in [5.74, 6) is -0.627. The molecule has 0 bridgehead atoms. The molecular weight excluding hydrogens is 402 g/mol. The summed E-state index contributed by atoms with van der Waals surface area (Å²) in [6.45, 7) is 2.88. The van der Waals surface area contributed by atoms with Crippen LogP contribution in [0.3, 0.4) is 0 Å². The van der Waals surface area contributed by atoms with E-state index in [1.165, 1.54) is 5.56 Å². The fourth-order valence-corrected chi connectivity index (χ4v) is 4.07. The minimum absolute atomic E-state index is 0.0691. The van der Waals surface area contributed by atoms with E-state index < -0.39 is 11.5 Å². The molecule has 1 aliphatic heterocycles. The highest BCUT2D eigenvalue weighted by Gasteiger charge is 2.43. The molecule has 2 heterocycles. The summed E-state index contributed by atoms with van der Waals surface area (Å²) in [6, 6.07) is 20.0. The van der Waals surface area contributed by atoms with E-state index in [0.717, 1.165) is 22.3 Å². The lowest BCUT2D eigenvalue weighted by atomic mass is 9.90. The molecule has 4 rings (SSSR count). The molecule has 1 aromatic heterocycles. The third-order valence-corrected chi connectivity index (χ3v) is 5.87. The SMILES string of the molecule is Cc1ccc(-c2cccc(C[C@@]3(C(N)=O)CN(C(=O)Cc4cccnc4)CCO3)c2)cc1. The van der Waals surface area contributed by atoms with Crippen LogP contribution in [0.5, 0.6) is 0 Å². The van der Waals surface area contributed by atoms with Crippen molar-refractivity contribution < 1.29 is 14.3 Å². The molecule has 3 aromatic rings. The van der Waals surface area contributed by atoms with E-state index in [1.54, 1.807) is 23.4 Å². The summed E-state index contributed by atoms with van der Waals surface area (Å²) in [7, 11) is 0. The number of aromatic nitrogens is 1. The number of carbonyl (C=O) groups excluding carboxylic acids is 2. The highest BCUT2D eigenvalue weighted by Crippen LogP contribution is 2.27. The van der Waals surface area contributed by atoms with Crippen molar-refractivity contribution in [3.63, 3.8) is 0 Å². The van der Waals surface area contributed by atoms with Gasteiger partial charge >= 0.3 is 0 Å². The van der Waals surface area contributed by atoms with Gasteiger partial charge in [-0.2, -0.15) is 0 Å². The Hall–Kier alpha value is -3.51. The Bertz CT molecular complexity index is 1100. The Balaban J connectivity index is 1.53. The number of pyridine rings is 1. The lowest BCUT2D eigenvalue weighted by Gasteiger charge is -2.41. The van der Waals surface area contributed by atoms with E-state index in [9.17, 15) is 9.59 Å². The van der Waals surface area contributed by atoms with E-state index in [0.29, 0.717) is 13.0 Å². The van der Waals surface area contributed by atoms with Crippen LogP contribution in [-0.4, -0.2) is 47.0 Å². The molecule has 164 valence electrons. The molecular formula is C26H27N3O3. The smallest absolute Gasteiger partial charge is 0.251 e. The molecule has 0 spiro atoms. The zero-order chi connectivity index (χ0) is 22.6. The summed E-state index contributed by atoms with van der Waals surface area (Å²) in [5.41, 5.74) is 9.69. The van der Waals surface area contributed by atoms with Crippen molar-refractivity contribution in [2.75, 3.05) is 19.7 Å². The number of nitrogens with two attached hydrogens (primary N) is 1. The molecule has 0 saturated carbocycles. The quantitative estimate of drug-likeness (QED) is 0.653. The van der Waals surface area contributed by atoms with Crippen molar-refractivity contribution in [2.45, 2.75) is 25.4 Å². The Morgan fingerprint density at radius 3 is 2.56 bits per heavy atom. The number of hydrogen-bond donors (Lipinski definition) is 1. The fraction of sp³-hybridized carbons (Fsp3) is 0.269. The number of rotatable bonds is 6. The van der Waals surface area contributed by atoms with Crippen LogP contribution in [0, 0.1) is 6.92 Å². The largest absolute Gasteiger partial charge is 0.367 e. The van der Waals surface area contributed by atoms with E-state index in [-0.39, 0.29) is 25.5 Å². The van der Waals surface area contributed by atoms with Crippen LogP contribution in [0.15, 0.2) is 73.1 Å². The van der Waals surface area contributed by atoms with Gasteiger partial charge in [-0.05, 0) is 35.2 Å². The number of aryl methyl sites for hydroxylation is 1. The van der Waals surface area contributed by atoms with Crippen molar-refractivity contribution in [1.29, 1.82) is 0 Å². The molecule has 2 amide bonds. The Morgan fingerprint density at radius 2 is 1.84 bits per heavy atom. The number of amides is 2. The highest BCUT2D eigenvalue weighted by molar-refractivity contribution is 5.86. The minimum atomic E-state index is -1.26. The zero-order valence-corrected chi connectivity index (χ0v) is 18.2. The van der Waals surface area contributed by atoms with Crippen molar-refractivity contribution in [3.8, 4) is 11.1 Å². The molecule has 1 saturated heterocycles. The van der Waals surface area contributed by atoms with Gasteiger partial charge in [0.05, 0.1) is 19.6 Å². The van der Waals surface area contributed by atoms with E-state index in [2.05, 4.69) is 42.2 Å². The normalized spacial score (nSPS) is 18.3. The molecule has 2 aromatic carbocycles. The van der Waals surface area contributed by atoms with Crippen molar-refractivity contribution >= 4 is 11.8 Å². The van der Waals surface area contributed by atoms with Crippen LogP contribution >= 0.6 is 0 Å². The van der Waals surface area contributed by atoms with Crippen LogP contribution in [0.25, 0.3) is 11.1 Å². The highest BCUT2D eigenvalue weighted by atomic mass is 16.5. The number of ether oxygens (including phenoxy) is 1. The third-order valence-electron chi connectivity index (χ3n) is 5.87. The van der Waals surface area contributed by atoms with Gasteiger partial charge in [-0.15, -0.1) is 0 Å². The molecule has 0 radical (unpaired) electrons. The minimum Gasteiger partial charge on any atom is -0.367 e. The monoisotopic (exact) mass is 429 g/mol. The summed E-state index contributed by atoms with van der Waals surface area (Å²) in [4.78, 5) is 31.2. The molecule has 1 aliphatic rings. The van der Waals surface area contributed by atoms with Gasteiger partial charge in [0.1, 0.15) is 0 Å². The van der Waals surface area contributed by atoms with Crippen LogP contribution in [-0.2, 0) is 27.2 Å². The molecule has 0 aliphatic carbocycles. The van der Waals surface area contributed by atoms with Gasteiger partial charge in [0.25, 0.3) is 5.91 Å². The van der Waals surface area contributed by atoms with Gasteiger partial charge in [-0.1, -0.05) is 60.2 Å². The van der Waals surface area contributed by atoms with Gasteiger partial charge in [-0.25, -0.2) is 0 Å². The third kappa shape index (κ3) is 4.86. The second kappa shape index (κ2) is 9.32. The lowest BCUT2D eigenvalue weighted by Crippen LogP contribution is -2.61. The maximum atomic E-state index is 12.9. The molecule has 6 heteroatoms. The number of benzene rings is 2. The molecule has 1 atom stereocenters. The van der Waals surface area contributed by atoms with Crippen molar-refractivity contribution in [3.05, 3.63) is 89.7 Å². The first-order chi connectivity index (χ1) is 15.4. The number of hydrogen-bond acceptors (Lipinski definition) is 4. The first-order valence-corrected chi connectivity index (χ1v) is 10.7. The second-order valence-electron chi connectivity index (χ2n) is 8.30. The predicted octanol–water partition coefficient (Wildman–Crippen LogP) is 2.93. The van der Waals surface area contributed by atoms with Crippen LogP contribution in [0.4, 0.5) is 0 Å². The van der Waals surface area contributed by atoms with Crippen molar-refractivity contribution in [2.24, 2.45) is 5.73 Å². The number of primary amides is 1. The van der Waals surface area contributed by atoms with E-state index in [4.69, 9.17) is 10.5 Å². The molecule has 6 nitrogen and oxygen atoms in total. The Morgan fingerprint density at radius 1 is 1.06 bits per heavy atom. The summed E-state index contributed by atoms with van der Waals surface area (Å²) in [5, 5.41) is 0. The Kier molecular flexibility index (Phi) is 6.32. The summed E-state index contributed by atoms with van der Waals surface area (Å²) >= 11 is 0.